The molecule has 12 heavy (non-hydrogen) atoms. The third-order valence-corrected chi connectivity index (χ3v) is 3.43. The minimum atomic E-state index is 0.428. The van der Waals surface area contributed by atoms with Crippen LogP contribution in [0.25, 0.3) is 0 Å². The van der Waals surface area contributed by atoms with Gasteiger partial charge in [0.2, 0.25) is 0 Å². The van der Waals surface area contributed by atoms with Crippen LogP contribution in [0.5, 0.6) is 0 Å². The van der Waals surface area contributed by atoms with E-state index in [0.717, 1.165) is 11.8 Å². The lowest BCUT2D eigenvalue weighted by Gasteiger charge is -2.41. The van der Waals surface area contributed by atoms with E-state index in [1.54, 1.807) is 0 Å². The van der Waals surface area contributed by atoms with Crippen LogP contribution in [0.3, 0.4) is 0 Å². The molecule has 1 fully saturated rings. The van der Waals surface area contributed by atoms with Crippen molar-refractivity contribution in [2.24, 2.45) is 17.3 Å². The lowest BCUT2D eigenvalue weighted by molar-refractivity contribution is 0.159. The van der Waals surface area contributed by atoms with Gasteiger partial charge in [0.1, 0.15) is 0 Å². The van der Waals surface area contributed by atoms with Gasteiger partial charge < -0.3 is 0 Å². The van der Waals surface area contributed by atoms with Gasteiger partial charge in [0.25, 0.3) is 0 Å². The van der Waals surface area contributed by atoms with Gasteiger partial charge in [-0.2, -0.15) is 0 Å². The van der Waals surface area contributed by atoms with Crippen molar-refractivity contribution in [1.29, 1.82) is 0 Å². The van der Waals surface area contributed by atoms with E-state index in [1.807, 2.05) is 0 Å². The van der Waals surface area contributed by atoms with Crippen molar-refractivity contribution in [2.75, 3.05) is 0 Å². The first kappa shape index (κ1) is 9.83. The fraction of sp³-hybridized carbons (Fsp3) is 0.833. The molecular weight excluding hydrogens is 144 g/mol. The van der Waals surface area contributed by atoms with Crippen LogP contribution < -0.4 is 0 Å². The van der Waals surface area contributed by atoms with Gasteiger partial charge in [-0.25, -0.2) is 0 Å². The van der Waals surface area contributed by atoms with E-state index in [0.29, 0.717) is 5.41 Å². The molecule has 0 aliphatic heterocycles. The van der Waals surface area contributed by atoms with Gasteiger partial charge in [-0.1, -0.05) is 32.9 Å². The maximum absolute atomic E-state index is 4.12. The summed E-state index contributed by atoms with van der Waals surface area (Å²) >= 11 is 0. The Bertz CT molecular complexity index is 168. The molecule has 2 unspecified atom stereocenters. The highest BCUT2D eigenvalue weighted by molar-refractivity contribution is 5.07. The molecule has 0 spiro atoms. The van der Waals surface area contributed by atoms with Crippen LogP contribution in [-0.4, -0.2) is 0 Å². The van der Waals surface area contributed by atoms with Crippen LogP contribution in [0.4, 0.5) is 0 Å². The highest BCUT2D eigenvalue weighted by Crippen LogP contribution is 2.45. The topological polar surface area (TPSA) is 0 Å². The van der Waals surface area contributed by atoms with Crippen molar-refractivity contribution in [1.82, 2.24) is 0 Å². The second kappa shape index (κ2) is 3.24. The van der Waals surface area contributed by atoms with Gasteiger partial charge in [0.15, 0.2) is 0 Å². The number of hydrogen-bond donors (Lipinski definition) is 0. The lowest BCUT2D eigenvalue weighted by atomic mass is 9.64. The summed E-state index contributed by atoms with van der Waals surface area (Å²) in [5, 5.41) is 0. The Morgan fingerprint density at radius 2 is 1.67 bits per heavy atom. The molecular formula is C12H22. The van der Waals surface area contributed by atoms with Gasteiger partial charge in [-0.3, -0.25) is 0 Å². The smallest absolute Gasteiger partial charge is 0.0117 e. The summed E-state index contributed by atoms with van der Waals surface area (Å²) in [6, 6.07) is 0. The predicted octanol–water partition coefficient (Wildman–Crippen LogP) is 4.02. The number of allylic oxidation sites excluding steroid dienone is 1. The summed E-state index contributed by atoms with van der Waals surface area (Å²) in [5.41, 5.74) is 1.80. The third kappa shape index (κ3) is 1.91. The van der Waals surface area contributed by atoms with Crippen molar-refractivity contribution in [3.05, 3.63) is 12.2 Å². The van der Waals surface area contributed by atoms with Crippen molar-refractivity contribution < 1.29 is 0 Å². The molecule has 0 aromatic carbocycles. The fourth-order valence-corrected chi connectivity index (χ4v) is 2.82. The fourth-order valence-electron chi connectivity index (χ4n) is 2.82. The van der Waals surface area contributed by atoms with Crippen LogP contribution in [-0.2, 0) is 0 Å². The minimum Gasteiger partial charge on any atom is -0.0996 e. The molecule has 1 rings (SSSR count). The van der Waals surface area contributed by atoms with E-state index in [2.05, 4.69) is 34.3 Å². The van der Waals surface area contributed by atoms with Gasteiger partial charge >= 0.3 is 0 Å². The van der Waals surface area contributed by atoms with Crippen molar-refractivity contribution in [3.63, 3.8) is 0 Å². The summed E-state index contributed by atoms with van der Waals surface area (Å²) in [6.07, 6.45) is 4.09. The molecule has 2 atom stereocenters. The Morgan fingerprint density at radius 3 is 2.00 bits per heavy atom. The molecule has 1 aliphatic carbocycles. The number of rotatable bonds is 1. The van der Waals surface area contributed by atoms with Crippen molar-refractivity contribution >= 4 is 0 Å². The average Bonchev–Trinajstić information content (AvgIpc) is 1.82. The predicted molar refractivity (Wildman–Crippen MR) is 55.1 cm³/mol. The Labute approximate surface area is 77.1 Å². The zero-order valence-electron chi connectivity index (χ0n) is 8.98. The summed E-state index contributed by atoms with van der Waals surface area (Å²) in [4.78, 5) is 0. The molecule has 0 nitrogen and oxygen atoms in total. The Kier molecular flexibility index (Phi) is 2.65. The monoisotopic (exact) mass is 166 g/mol. The van der Waals surface area contributed by atoms with Crippen LogP contribution in [0.15, 0.2) is 12.2 Å². The van der Waals surface area contributed by atoms with E-state index in [4.69, 9.17) is 0 Å². The van der Waals surface area contributed by atoms with E-state index < -0.39 is 0 Å². The Hall–Kier alpha value is -0.260. The van der Waals surface area contributed by atoms with Gasteiger partial charge in [0.05, 0.1) is 0 Å². The second-order valence-electron chi connectivity index (χ2n) is 5.20. The first-order valence-electron chi connectivity index (χ1n) is 5.10. The molecule has 0 heteroatoms. The quantitative estimate of drug-likeness (QED) is 0.516. The molecule has 0 saturated heterocycles. The molecule has 0 amide bonds. The SMILES string of the molecule is C=C(C)C1(C)CC(C)CC(C)C1. The summed E-state index contributed by atoms with van der Waals surface area (Å²) in [7, 11) is 0. The van der Waals surface area contributed by atoms with Crippen molar-refractivity contribution in [2.45, 2.75) is 47.0 Å². The largest absolute Gasteiger partial charge is 0.0996 e. The highest BCUT2D eigenvalue weighted by atomic mass is 14.4. The first-order valence-corrected chi connectivity index (χ1v) is 5.10. The van der Waals surface area contributed by atoms with Crippen LogP contribution in [0.2, 0.25) is 0 Å². The molecule has 0 heterocycles. The Balaban J connectivity index is 2.71. The molecule has 70 valence electrons. The van der Waals surface area contributed by atoms with Gasteiger partial charge in [0, 0.05) is 0 Å². The molecule has 0 N–H and O–H groups in total. The summed E-state index contributed by atoms with van der Waals surface area (Å²) in [6.45, 7) is 13.4. The van der Waals surface area contributed by atoms with E-state index in [1.165, 1.54) is 24.8 Å². The first-order chi connectivity index (χ1) is 5.44. The zero-order valence-corrected chi connectivity index (χ0v) is 8.98. The number of hydrogen-bond acceptors (Lipinski definition) is 0. The lowest BCUT2D eigenvalue weighted by Crippen LogP contribution is -2.29. The van der Waals surface area contributed by atoms with E-state index in [-0.39, 0.29) is 0 Å². The standard InChI is InChI=1S/C12H22/c1-9(2)12(5)7-10(3)6-11(4)8-12/h10-11H,1,6-8H2,2-5H3. The zero-order chi connectivity index (χ0) is 9.35. The van der Waals surface area contributed by atoms with Crippen LogP contribution in [0.1, 0.15) is 47.0 Å². The molecule has 1 aliphatic rings. The average molecular weight is 166 g/mol. The maximum atomic E-state index is 4.12. The second-order valence-corrected chi connectivity index (χ2v) is 5.20. The molecule has 0 aromatic rings. The van der Waals surface area contributed by atoms with Crippen LogP contribution in [0, 0.1) is 17.3 Å². The van der Waals surface area contributed by atoms with Gasteiger partial charge in [-0.15, -0.1) is 0 Å². The summed E-state index contributed by atoms with van der Waals surface area (Å²) in [5.74, 6) is 1.77. The van der Waals surface area contributed by atoms with E-state index >= 15 is 0 Å². The molecule has 0 radical (unpaired) electrons. The maximum Gasteiger partial charge on any atom is -0.0117 e. The molecule has 1 saturated carbocycles. The third-order valence-electron chi connectivity index (χ3n) is 3.43. The normalized spacial score (nSPS) is 42.7. The van der Waals surface area contributed by atoms with Gasteiger partial charge in [-0.05, 0) is 43.4 Å². The molecule has 0 aromatic heterocycles. The minimum absolute atomic E-state index is 0.428. The summed E-state index contributed by atoms with van der Waals surface area (Å²) < 4.78 is 0. The Morgan fingerprint density at radius 1 is 1.25 bits per heavy atom. The van der Waals surface area contributed by atoms with E-state index in [9.17, 15) is 0 Å². The highest BCUT2D eigenvalue weighted by Gasteiger charge is 2.34. The van der Waals surface area contributed by atoms with Crippen molar-refractivity contribution in [3.8, 4) is 0 Å². The molecule has 0 bridgehead atoms. The van der Waals surface area contributed by atoms with Crippen LogP contribution >= 0.6 is 0 Å².